The minimum atomic E-state index is -0.283. The van der Waals surface area contributed by atoms with E-state index in [0.717, 1.165) is 5.69 Å². The Morgan fingerprint density at radius 3 is 3.00 bits per heavy atom. The van der Waals surface area contributed by atoms with Crippen LogP contribution in [-0.4, -0.2) is 53.4 Å². The van der Waals surface area contributed by atoms with E-state index in [2.05, 4.69) is 0 Å². The average Bonchev–Trinajstić information content (AvgIpc) is 3.03. The number of aliphatic hydroxyl groups excluding tert-OH is 1. The number of aryl methyl sites for hydroxylation is 1. The molecule has 1 aromatic heterocycles. The second-order valence-electron chi connectivity index (χ2n) is 6.41. The summed E-state index contributed by atoms with van der Waals surface area (Å²) in [5.74, 6) is 0.264. The molecular formula is C16H22N2O4. The number of ether oxygens (including phenoxy) is 1. The van der Waals surface area contributed by atoms with Gasteiger partial charge in [0.25, 0.3) is 5.56 Å². The number of hydrogen-bond donors (Lipinski definition) is 1. The number of rotatable bonds is 4. The lowest BCUT2D eigenvalue weighted by atomic mass is 9.82. The van der Waals surface area contributed by atoms with Crippen molar-refractivity contribution in [3.63, 3.8) is 0 Å². The highest BCUT2D eigenvalue weighted by molar-refractivity contribution is 5.76. The number of carbonyl (C=O) groups is 1. The Labute approximate surface area is 129 Å². The van der Waals surface area contributed by atoms with Crippen LogP contribution in [0.25, 0.3) is 0 Å². The highest BCUT2D eigenvalue weighted by atomic mass is 16.5. The van der Waals surface area contributed by atoms with Crippen LogP contribution in [0.15, 0.2) is 23.0 Å². The standard InChI is InChI=1S/C16H22N2O4/c1-12-3-2-4-15(21)18(12)6-5-14(20)17-7-13-8-22-11-16(13,9-17)10-19/h2-4,13,19H,5-11H2,1H3/t13-,16-/m0/s1. The molecule has 2 aliphatic heterocycles. The first-order chi connectivity index (χ1) is 10.6. The Morgan fingerprint density at radius 2 is 2.32 bits per heavy atom. The summed E-state index contributed by atoms with van der Waals surface area (Å²) in [6, 6.07) is 5.10. The van der Waals surface area contributed by atoms with Gasteiger partial charge in [-0.15, -0.1) is 0 Å². The molecule has 3 rings (SSSR count). The minimum Gasteiger partial charge on any atom is -0.396 e. The highest BCUT2D eigenvalue weighted by Crippen LogP contribution is 2.40. The Kier molecular flexibility index (Phi) is 4.06. The van der Waals surface area contributed by atoms with Crippen molar-refractivity contribution in [3.8, 4) is 0 Å². The molecule has 0 unspecified atom stereocenters. The number of fused-ring (bicyclic) bond motifs is 1. The molecule has 0 aliphatic carbocycles. The number of pyridine rings is 1. The van der Waals surface area contributed by atoms with E-state index in [9.17, 15) is 14.7 Å². The fraction of sp³-hybridized carbons (Fsp3) is 0.625. The Bertz CT molecular complexity index is 627. The third kappa shape index (κ3) is 2.57. The molecule has 1 N–H and O–H groups in total. The first-order valence-electron chi connectivity index (χ1n) is 7.68. The van der Waals surface area contributed by atoms with E-state index >= 15 is 0 Å². The van der Waals surface area contributed by atoms with Crippen LogP contribution in [-0.2, 0) is 16.1 Å². The summed E-state index contributed by atoms with van der Waals surface area (Å²) in [5, 5.41) is 9.64. The largest absolute Gasteiger partial charge is 0.396 e. The minimum absolute atomic E-state index is 0.0392. The number of aliphatic hydroxyl groups is 1. The summed E-state index contributed by atoms with van der Waals surface area (Å²) in [6.07, 6.45) is 0.305. The van der Waals surface area contributed by atoms with Gasteiger partial charge in [-0.3, -0.25) is 9.59 Å². The van der Waals surface area contributed by atoms with Crippen LogP contribution in [0, 0.1) is 18.3 Å². The summed E-state index contributed by atoms with van der Waals surface area (Å²) in [4.78, 5) is 26.1. The maximum Gasteiger partial charge on any atom is 0.250 e. The maximum atomic E-state index is 12.4. The fourth-order valence-corrected chi connectivity index (χ4v) is 3.52. The van der Waals surface area contributed by atoms with Crippen LogP contribution < -0.4 is 5.56 Å². The number of amides is 1. The smallest absolute Gasteiger partial charge is 0.250 e. The Morgan fingerprint density at radius 1 is 1.50 bits per heavy atom. The van der Waals surface area contributed by atoms with E-state index < -0.39 is 0 Å². The predicted octanol–water partition coefficient (Wildman–Crippen LogP) is 0.0141. The second-order valence-corrected chi connectivity index (χ2v) is 6.41. The molecule has 1 aromatic rings. The van der Waals surface area contributed by atoms with Gasteiger partial charge in [0.2, 0.25) is 5.91 Å². The van der Waals surface area contributed by atoms with Gasteiger partial charge in [0.05, 0.1) is 19.8 Å². The second kappa shape index (κ2) is 5.85. The number of likely N-dealkylation sites (tertiary alicyclic amines) is 1. The highest BCUT2D eigenvalue weighted by Gasteiger charge is 2.51. The van der Waals surface area contributed by atoms with Gasteiger partial charge in [0.1, 0.15) is 0 Å². The van der Waals surface area contributed by atoms with Crippen LogP contribution >= 0.6 is 0 Å². The number of aromatic nitrogens is 1. The molecule has 3 heterocycles. The number of nitrogens with zero attached hydrogens (tertiary/aromatic N) is 2. The summed E-state index contributed by atoms with van der Waals surface area (Å²) in [5.41, 5.74) is 0.500. The molecular weight excluding hydrogens is 284 g/mol. The maximum absolute atomic E-state index is 12.4. The van der Waals surface area contributed by atoms with E-state index in [4.69, 9.17) is 4.74 Å². The quantitative estimate of drug-likeness (QED) is 0.851. The average molecular weight is 306 g/mol. The molecule has 0 bridgehead atoms. The normalized spacial score (nSPS) is 27.2. The summed E-state index contributed by atoms with van der Waals surface area (Å²) >= 11 is 0. The third-order valence-electron chi connectivity index (χ3n) is 5.01. The van der Waals surface area contributed by atoms with Gasteiger partial charge in [-0.1, -0.05) is 6.07 Å². The van der Waals surface area contributed by atoms with Crippen molar-refractivity contribution in [3.05, 3.63) is 34.2 Å². The number of carbonyl (C=O) groups excluding carboxylic acids is 1. The van der Waals surface area contributed by atoms with Gasteiger partial charge in [0, 0.05) is 49.1 Å². The predicted molar refractivity (Wildman–Crippen MR) is 80.5 cm³/mol. The fourth-order valence-electron chi connectivity index (χ4n) is 3.52. The SMILES string of the molecule is Cc1cccc(=O)n1CCC(=O)N1C[C@H]2COC[C@@]2(CO)C1. The van der Waals surface area contributed by atoms with Gasteiger partial charge in [-0.05, 0) is 13.0 Å². The van der Waals surface area contributed by atoms with Gasteiger partial charge in [0.15, 0.2) is 0 Å². The van der Waals surface area contributed by atoms with Crippen LogP contribution in [0.3, 0.4) is 0 Å². The molecule has 2 aliphatic rings. The van der Waals surface area contributed by atoms with Crippen LogP contribution in [0.1, 0.15) is 12.1 Å². The van der Waals surface area contributed by atoms with Crippen LogP contribution in [0.2, 0.25) is 0 Å². The van der Waals surface area contributed by atoms with Gasteiger partial charge < -0.3 is 19.3 Å². The molecule has 120 valence electrons. The molecule has 1 amide bonds. The van der Waals surface area contributed by atoms with Gasteiger partial charge >= 0.3 is 0 Å². The van der Waals surface area contributed by atoms with Crippen LogP contribution in [0.5, 0.6) is 0 Å². The first-order valence-corrected chi connectivity index (χ1v) is 7.68. The monoisotopic (exact) mass is 306 g/mol. The zero-order valence-corrected chi connectivity index (χ0v) is 12.8. The van der Waals surface area contributed by atoms with E-state index in [0.29, 0.717) is 39.3 Å². The molecule has 0 saturated carbocycles. The molecule has 6 heteroatoms. The van der Waals surface area contributed by atoms with Gasteiger partial charge in [-0.2, -0.15) is 0 Å². The molecule has 2 atom stereocenters. The molecule has 2 fully saturated rings. The van der Waals surface area contributed by atoms with E-state index in [1.54, 1.807) is 10.6 Å². The summed E-state index contributed by atoms with van der Waals surface area (Å²) in [6.45, 7) is 4.64. The molecule has 2 saturated heterocycles. The van der Waals surface area contributed by atoms with E-state index in [1.165, 1.54) is 6.07 Å². The summed E-state index contributed by atoms with van der Waals surface area (Å²) < 4.78 is 7.08. The van der Waals surface area contributed by atoms with Crippen molar-refractivity contribution in [2.45, 2.75) is 19.9 Å². The van der Waals surface area contributed by atoms with Crippen molar-refractivity contribution in [1.29, 1.82) is 0 Å². The van der Waals surface area contributed by atoms with Crippen molar-refractivity contribution in [1.82, 2.24) is 9.47 Å². The van der Waals surface area contributed by atoms with E-state index in [-0.39, 0.29) is 29.4 Å². The molecule has 0 aromatic carbocycles. The van der Waals surface area contributed by atoms with Crippen molar-refractivity contribution in [2.75, 3.05) is 32.9 Å². The van der Waals surface area contributed by atoms with Crippen molar-refractivity contribution < 1.29 is 14.6 Å². The Hall–Kier alpha value is -1.66. The molecule has 22 heavy (non-hydrogen) atoms. The molecule has 6 nitrogen and oxygen atoms in total. The van der Waals surface area contributed by atoms with Crippen LogP contribution in [0.4, 0.5) is 0 Å². The third-order valence-corrected chi connectivity index (χ3v) is 5.01. The zero-order chi connectivity index (χ0) is 15.7. The lowest BCUT2D eigenvalue weighted by Crippen LogP contribution is -2.37. The van der Waals surface area contributed by atoms with Gasteiger partial charge in [-0.25, -0.2) is 0 Å². The zero-order valence-electron chi connectivity index (χ0n) is 12.8. The first kappa shape index (κ1) is 15.2. The topological polar surface area (TPSA) is 71.8 Å². The Balaban J connectivity index is 1.63. The summed E-state index contributed by atoms with van der Waals surface area (Å²) in [7, 11) is 0. The van der Waals surface area contributed by atoms with E-state index in [1.807, 2.05) is 17.9 Å². The molecule has 0 spiro atoms. The lowest BCUT2D eigenvalue weighted by Gasteiger charge is -2.24. The number of hydrogen-bond acceptors (Lipinski definition) is 4. The lowest BCUT2D eigenvalue weighted by molar-refractivity contribution is -0.131. The van der Waals surface area contributed by atoms with Crippen molar-refractivity contribution in [2.24, 2.45) is 11.3 Å². The molecule has 0 radical (unpaired) electrons. The van der Waals surface area contributed by atoms with Crippen molar-refractivity contribution >= 4 is 5.91 Å².